The van der Waals surface area contributed by atoms with Crippen LogP contribution in [0, 0.1) is 12.3 Å². The van der Waals surface area contributed by atoms with Gasteiger partial charge in [0.1, 0.15) is 23.4 Å². The molecule has 0 unspecified atom stereocenters. The van der Waals surface area contributed by atoms with Crippen molar-refractivity contribution in [2.24, 2.45) is 5.41 Å². The molecule has 5 rings (SSSR count). The van der Waals surface area contributed by atoms with E-state index < -0.39 is 0 Å². The smallest absolute Gasteiger partial charge is 0.229 e. The first-order valence-corrected chi connectivity index (χ1v) is 14.5. The van der Waals surface area contributed by atoms with Gasteiger partial charge in [-0.15, -0.1) is 0 Å². The average molecular weight is 552 g/mol. The zero-order valence-corrected chi connectivity index (χ0v) is 24.9. The number of methoxy groups -OCH3 is 1. The fraction of sp³-hybridized carbons (Fsp3) is 0.371. The summed E-state index contributed by atoms with van der Waals surface area (Å²) in [5.41, 5.74) is 4.25. The first-order valence-electron chi connectivity index (χ1n) is 14.5. The second-order valence-corrected chi connectivity index (χ2v) is 12.2. The predicted octanol–water partition coefficient (Wildman–Crippen LogP) is 7.32. The molecule has 6 heteroatoms. The fourth-order valence-electron chi connectivity index (χ4n) is 5.41. The van der Waals surface area contributed by atoms with Crippen molar-refractivity contribution >= 4 is 22.5 Å². The first kappa shape index (κ1) is 28.6. The van der Waals surface area contributed by atoms with Gasteiger partial charge < -0.3 is 14.8 Å². The molecule has 1 aliphatic rings. The molecule has 2 heterocycles. The van der Waals surface area contributed by atoms with Gasteiger partial charge in [0.25, 0.3) is 0 Å². The number of rotatable bonds is 8. The highest BCUT2D eigenvalue weighted by atomic mass is 16.5. The standard InChI is InChI=1S/C35H41N3O3/c1-24-20-27(10-13-32(24)40-5)26-8-6-25(7-9-26)23-38(33(39)22-35(2,3)4)34-31-12-11-30(21-28(31)14-19-37-34)41-29-15-17-36-18-16-29/h6-14,19-21,29,36H,15-18,22-23H2,1-5H3. The number of ether oxygens (including phenoxy) is 2. The summed E-state index contributed by atoms with van der Waals surface area (Å²) in [5, 5.41) is 5.34. The summed E-state index contributed by atoms with van der Waals surface area (Å²) in [6, 6.07) is 22.7. The van der Waals surface area contributed by atoms with E-state index in [1.807, 2.05) is 29.2 Å². The van der Waals surface area contributed by atoms with E-state index >= 15 is 0 Å². The van der Waals surface area contributed by atoms with E-state index in [1.54, 1.807) is 13.3 Å². The van der Waals surface area contributed by atoms with Gasteiger partial charge in [0.2, 0.25) is 5.91 Å². The molecule has 4 aromatic rings. The highest BCUT2D eigenvalue weighted by molar-refractivity contribution is 6.02. The van der Waals surface area contributed by atoms with Gasteiger partial charge in [-0.05, 0) is 102 Å². The van der Waals surface area contributed by atoms with E-state index in [2.05, 4.69) is 75.5 Å². The lowest BCUT2D eigenvalue weighted by Crippen LogP contribution is -2.34. The number of pyridine rings is 1. The Labute approximate surface area is 243 Å². The van der Waals surface area contributed by atoms with Crippen molar-refractivity contribution in [3.63, 3.8) is 0 Å². The Bertz CT molecular complexity index is 1500. The van der Waals surface area contributed by atoms with Crippen LogP contribution < -0.4 is 19.7 Å². The van der Waals surface area contributed by atoms with Crippen molar-refractivity contribution in [2.75, 3.05) is 25.1 Å². The monoisotopic (exact) mass is 551 g/mol. The molecule has 1 aliphatic heterocycles. The number of hydrogen-bond donors (Lipinski definition) is 1. The minimum absolute atomic E-state index is 0.0578. The number of hydrogen-bond acceptors (Lipinski definition) is 5. The molecule has 0 aliphatic carbocycles. The molecule has 1 aromatic heterocycles. The lowest BCUT2D eigenvalue weighted by atomic mass is 9.91. The van der Waals surface area contributed by atoms with Gasteiger partial charge >= 0.3 is 0 Å². The number of aromatic nitrogens is 1. The lowest BCUT2D eigenvalue weighted by molar-refractivity contribution is -0.120. The summed E-state index contributed by atoms with van der Waals surface area (Å²) in [6.07, 6.45) is 4.45. The SMILES string of the molecule is COc1ccc(-c2ccc(CN(C(=O)CC(C)(C)C)c3nccc4cc(OC5CCNCC5)ccc34)cc2)cc1C. The maximum atomic E-state index is 13.8. The molecule has 6 nitrogen and oxygen atoms in total. The highest BCUT2D eigenvalue weighted by Gasteiger charge is 2.25. The normalized spacial score (nSPS) is 14.2. The molecule has 0 atom stereocenters. The van der Waals surface area contributed by atoms with Gasteiger partial charge in [-0.25, -0.2) is 4.98 Å². The molecule has 3 aromatic carbocycles. The van der Waals surface area contributed by atoms with Crippen LogP contribution >= 0.6 is 0 Å². The number of fused-ring (bicyclic) bond motifs is 1. The van der Waals surface area contributed by atoms with Gasteiger partial charge in [0.15, 0.2) is 0 Å². The van der Waals surface area contributed by atoms with E-state index in [4.69, 9.17) is 14.5 Å². The van der Waals surface area contributed by atoms with Gasteiger partial charge in [-0.2, -0.15) is 0 Å². The zero-order chi connectivity index (χ0) is 29.0. The number of amides is 1. The van der Waals surface area contributed by atoms with Crippen LogP contribution in [0.1, 0.15) is 51.2 Å². The van der Waals surface area contributed by atoms with Crippen LogP contribution in [0.2, 0.25) is 0 Å². The number of anilines is 1. The molecule has 1 saturated heterocycles. The molecule has 41 heavy (non-hydrogen) atoms. The third-order valence-electron chi connectivity index (χ3n) is 7.56. The van der Waals surface area contributed by atoms with Crippen LogP contribution in [0.4, 0.5) is 5.82 Å². The Morgan fingerprint density at radius 1 is 0.976 bits per heavy atom. The third kappa shape index (κ3) is 7.06. The van der Waals surface area contributed by atoms with Crippen LogP contribution in [-0.2, 0) is 11.3 Å². The molecular formula is C35H41N3O3. The molecule has 0 spiro atoms. The number of aryl methyl sites for hydroxylation is 1. The minimum Gasteiger partial charge on any atom is -0.496 e. The maximum absolute atomic E-state index is 13.8. The molecule has 0 saturated carbocycles. The molecule has 0 radical (unpaired) electrons. The van der Waals surface area contributed by atoms with Crippen LogP contribution in [0.15, 0.2) is 72.9 Å². The van der Waals surface area contributed by atoms with Crippen LogP contribution in [-0.4, -0.2) is 37.2 Å². The van der Waals surface area contributed by atoms with E-state index in [9.17, 15) is 4.79 Å². The zero-order valence-electron chi connectivity index (χ0n) is 24.9. The van der Waals surface area contributed by atoms with E-state index in [0.29, 0.717) is 18.8 Å². The third-order valence-corrected chi connectivity index (χ3v) is 7.56. The van der Waals surface area contributed by atoms with E-state index in [-0.39, 0.29) is 17.4 Å². The van der Waals surface area contributed by atoms with Crippen molar-refractivity contribution in [3.8, 4) is 22.6 Å². The highest BCUT2D eigenvalue weighted by Crippen LogP contribution is 2.32. The Morgan fingerprint density at radius 3 is 2.39 bits per heavy atom. The Kier molecular flexibility index (Phi) is 8.60. The van der Waals surface area contributed by atoms with Gasteiger partial charge in [-0.3, -0.25) is 9.69 Å². The second kappa shape index (κ2) is 12.3. The molecule has 214 valence electrons. The Balaban J connectivity index is 1.43. The number of piperidine rings is 1. The van der Waals surface area contributed by atoms with Crippen molar-refractivity contribution < 1.29 is 14.3 Å². The fourth-order valence-corrected chi connectivity index (χ4v) is 5.41. The molecule has 1 N–H and O–H groups in total. The number of nitrogens with one attached hydrogen (secondary N) is 1. The van der Waals surface area contributed by atoms with Crippen LogP contribution in [0.5, 0.6) is 11.5 Å². The summed E-state index contributed by atoms with van der Waals surface area (Å²) in [5.74, 6) is 2.48. The molecular weight excluding hydrogens is 510 g/mol. The Morgan fingerprint density at radius 2 is 1.71 bits per heavy atom. The van der Waals surface area contributed by atoms with Crippen LogP contribution in [0.25, 0.3) is 21.9 Å². The summed E-state index contributed by atoms with van der Waals surface area (Å²) in [6.45, 7) is 10.7. The summed E-state index contributed by atoms with van der Waals surface area (Å²) in [4.78, 5) is 20.3. The predicted molar refractivity (Wildman–Crippen MR) is 167 cm³/mol. The van der Waals surface area contributed by atoms with E-state index in [1.165, 1.54) is 0 Å². The molecule has 1 fully saturated rings. The summed E-state index contributed by atoms with van der Waals surface area (Å²) >= 11 is 0. The van der Waals surface area contributed by atoms with Gasteiger partial charge in [0.05, 0.1) is 13.7 Å². The largest absolute Gasteiger partial charge is 0.496 e. The average Bonchev–Trinajstić information content (AvgIpc) is 2.95. The van der Waals surface area contributed by atoms with Crippen molar-refractivity contribution in [1.82, 2.24) is 10.3 Å². The van der Waals surface area contributed by atoms with Crippen molar-refractivity contribution in [3.05, 3.63) is 84.1 Å². The van der Waals surface area contributed by atoms with Gasteiger partial charge in [0, 0.05) is 18.0 Å². The lowest BCUT2D eigenvalue weighted by Gasteiger charge is -2.27. The molecule has 1 amide bonds. The topological polar surface area (TPSA) is 63.7 Å². The number of carbonyl (C=O) groups is 1. The minimum atomic E-state index is -0.147. The summed E-state index contributed by atoms with van der Waals surface area (Å²) in [7, 11) is 1.69. The number of carbonyl (C=O) groups excluding carboxylic acids is 1. The Hall–Kier alpha value is -3.90. The van der Waals surface area contributed by atoms with Gasteiger partial charge in [-0.1, -0.05) is 51.1 Å². The first-order chi connectivity index (χ1) is 19.7. The van der Waals surface area contributed by atoms with E-state index in [0.717, 1.165) is 70.5 Å². The second-order valence-electron chi connectivity index (χ2n) is 12.2. The molecule has 0 bridgehead atoms. The van der Waals surface area contributed by atoms with Crippen LogP contribution in [0.3, 0.4) is 0 Å². The quantitative estimate of drug-likeness (QED) is 0.249. The number of nitrogens with zero attached hydrogens (tertiary/aromatic N) is 2. The van der Waals surface area contributed by atoms with Crippen molar-refractivity contribution in [2.45, 2.75) is 59.6 Å². The number of benzene rings is 3. The maximum Gasteiger partial charge on any atom is 0.229 e. The van der Waals surface area contributed by atoms with Crippen molar-refractivity contribution in [1.29, 1.82) is 0 Å². The summed E-state index contributed by atoms with van der Waals surface area (Å²) < 4.78 is 11.7.